The van der Waals surface area contributed by atoms with Gasteiger partial charge in [-0.1, -0.05) is 6.07 Å². The number of ketones is 1. The smallest absolute Gasteiger partial charge is 0.311 e. The molecule has 1 amide bonds. The van der Waals surface area contributed by atoms with Crippen LogP contribution in [-0.4, -0.2) is 35.7 Å². The Kier molecular flexibility index (Phi) is 5.72. The van der Waals surface area contributed by atoms with E-state index in [2.05, 4.69) is 0 Å². The van der Waals surface area contributed by atoms with Crippen molar-refractivity contribution in [3.05, 3.63) is 69.3 Å². The lowest BCUT2D eigenvalue weighted by molar-refractivity contribution is -0.384. The fraction of sp³-hybridized carbons (Fsp3) is 0.286. The van der Waals surface area contributed by atoms with Gasteiger partial charge in [-0.15, -0.1) is 0 Å². The first-order valence-electron chi connectivity index (χ1n) is 9.08. The number of aryl methyl sites for hydroxylation is 2. The average Bonchev–Trinajstić information content (AvgIpc) is 3.09. The maximum absolute atomic E-state index is 12.3. The van der Waals surface area contributed by atoms with Crippen LogP contribution in [0.15, 0.2) is 42.5 Å². The number of nitro benzene ring substituents is 1. The van der Waals surface area contributed by atoms with Crippen molar-refractivity contribution in [2.45, 2.75) is 20.3 Å². The third-order valence-corrected chi connectivity index (χ3v) is 5.01. The Morgan fingerprint density at radius 1 is 1.14 bits per heavy atom. The van der Waals surface area contributed by atoms with E-state index in [0.717, 1.165) is 16.8 Å². The van der Waals surface area contributed by atoms with Gasteiger partial charge in [-0.05, 0) is 49.2 Å². The monoisotopic (exact) mass is 396 g/mol. The number of anilines is 1. The van der Waals surface area contributed by atoms with Crippen LogP contribution in [0.3, 0.4) is 0 Å². The van der Waals surface area contributed by atoms with Crippen LogP contribution in [0.5, 0.6) is 0 Å². The van der Waals surface area contributed by atoms with Gasteiger partial charge in [0.1, 0.15) is 0 Å². The number of carbonyl (C=O) groups excluding carboxylic acids is 3. The number of benzene rings is 2. The van der Waals surface area contributed by atoms with E-state index >= 15 is 0 Å². The fourth-order valence-electron chi connectivity index (χ4n) is 3.12. The maximum Gasteiger partial charge on any atom is 0.311 e. The Bertz CT molecular complexity index is 983. The van der Waals surface area contributed by atoms with E-state index in [1.807, 2.05) is 32.0 Å². The van der Waals surface area contributed by atoms with Crippen LogP contribution in [0.25, 0.3) is 0 Å². The lowest BCUT2D eigenvalue weighted by atomic mass is 10.1. The highest BCUT2D eigenvalue weighted by Crippen LogP contribution is 2.27. The Balaban J connectivity index is 1.58. The highest BCUT2D eigenvalue weighted by molar-refractivity contribution is 6.01. The van der Waals surface area contributed by atoms with Gasteiger partial charge >= 0.3 is 5.97 Å². The second-order valence-corrected chi connectivity index (χ2v) is 7.01. The number of ether oxygens (including phenoxy) is 1. The number of carbonyl (C=O) groups is 3. The van der Waals surface area contributed by atoms with Gasteiger partial charge in [-0.3, -0.25) is 24.5 Å². The number of nitro groups is 1. The van der Waals surface area contributed by atoms with Crippen molar-refractivity contribution < 1.29 is 24.0 Å². The van der Waals surface area contributed by atoms with E-state index in [1.165, 1.54) is 24.3 Å². The summed E-state index contributed by atoms with van der Waals surface area (Å²) in [7, 11) is 0. The highest BCUT2D eigenvalue weighted by Gasteiger charge is 2.36. The Morgan fingerprint density at radius 2 is 1.83 bits per heavy atom. The lowest BCUT2D eigenvalue weighted by Crippen LogP contribution is -2.27. The zero-order chi connectivity index (χ0) is 21.1. The van der Waals surface area contributed by atoms with E-state index in [1.54, 1.807) is 4.90 Å². The fourth-order valence-corrected chi connectivity index (χ4v) is 3.12. The summed E-state index contributed by atoms with van der Waals surface area (Å²) in [5.74, 6) is -1.89. The number of rotatable bonds is 6. The van der Waals surface area contributed by atoms with Crippen molar-refractivity contribution >= 4 is 29.0 Å². The van der Waals surface area contributed by atoms with Gasteiger partial charge in [0.2, 0.25) is 5.91 Å². The third-order valence-electron chi connectivity index (χ3n) is 5.01. The molecular formula is C21H20N2O6. The molecule has 0 radical (unpaired) electrons. The number of non-ortho nitro benzene ring substituents is 1. The molecule has 0 aliphatic carbocycles. The molecule has 0 unspecified atom stereocenters. The van der Waals surface area contributed by atoms with Crippen molar-refractivity contribution in [2.24, 2.45) is 5.92 Å². The zero-order valence-corrected chi connectivity index (χ0v) is 16.1. The van der Waals surface area contributed by atoms with Crippen molar-refractivity contribution in [3.63, 3.8) is 0 Å². The standard InChI is InChI=1S/C21H20N2O6/c1-13-3-6-18(9-14(13)2)22-11-16(10-20(22)25)21(26)29-12-19(24)15-4-7-17(8-5-15)23(27)28/h3-9,16H,10-12H2,1-2H3/t16-/m1/s1. The van der Waals surface area contributed by atoms with Gasteiger partial charge in [-0.2, -0.15) is 0 Å². The summed E-state index contributed by atoms with van der Waals surface area (Å²) in [4.78, 5) is 48.4. The number of hydrogen-bond acceptors (Lipinski definition) is 6. The van der Waals surface area contributed by atoms with Crippen LogP contribution in [-0.2, 0) is 14.3 Å². The van der Waals surface area contributed by atoms with Crippen molar-refractivity contribution in [2.75, 3.05) is 18.1 Å². The molecule has 8 nitrogen and oxygen atoms in total. The first kappa shape index (κ1) is 20.2. The Morgan fingerprint density at radius 3 is 2.45 bits per heavy atom. The van der Waals surface area contributed by atoms with Crippen LogP contribution in [0, 0.1) is 29.9 Å². The van der Waals surface area contributed by atoms with Gasteiger partial charge in [0.05, 0.1) is 10.8 Å². The third kappa shape index (κ3) is 4.48. The normalized spacial score (nSPS) is 16.0. The molecule has 1 fully saturated rings. The summed E-state index contributed by atoms with van der Waals surface area (Å²) in [5, 5.41) is 10.7. The molecule has 150 valence electrons. The minimum Gasteiger partial charge on any atom is -0.457 e. The summed E-state index contributed by atoms with van der Waals surface area (Å²) in [6, 6.07) is 10.7. The first-order valence-corrected chi connectivity index (χ1v) is 9.08. The molecule has 1 atom stereocenters. The number of nitrogens with zero attached hydrogens (tertiary/aromatic N) is 2. The van der Waals surface area contributed by atoms with Gasteiger partial charge in [0.15, 0.2) is 12.4 Å². The lowest BCUT2D eigenvalue weighted by Gasteiger charge is -2.17. The second kappa shape index (κ2) is 8.22. The summed E-state index contributed by atoms with van der Waals surface area (Å²) >= 11 is 0. The second-order valence-electron chi connectivity index (χ2n) is 7.01. The van der Waals surface area contributed by atoms with Crippen molar-refractivity contribution in [3.8, 4) is 0 Å². The average molecular weight is 396 g/mol. The Hall–Kier alpha value is -3.55. The van der Waals surface area contributed by atoms with Gasteiger partial charge in [0, 0.05) is 36.3 Å². The molecule has 1 saturated heterocycles. The zero-order valence-electron chi connectivity index (χ0n) is 16.1. The number of esters is 1. The van der Waals surface area contributed by atoms with Crippen LogP contribution in [0.2, 0.25) is 0 Å². The molecule has 0 bridgehead atoms. The van der Waals surface area contributed by atoms with Gasteiger partial charge < -0.3 is 9.64 Å². The predicted octanol–water partition coefficient (Wildman–Crippen LogP) is 2.99. The highest BCUT2D eigenvalue weighted by atomic mass is 16.6. The van der Waals surface area contributed by atoms with Crippen molar-refractivity contribution in [1.82, 2.24) is 0 Å². The van der Waals surface area contributed by atoms with E-state index in [4.69, 9.17) is 4.74 Å². The molecule has 1 aliphatic rings. The molecule has 2 aromatic carbocycles. The molecule has 8 heteroatoms. The first-order chi connectivity index (χ1) is 13.8. The SMILES string of the molecule is Cc1ccc(N2C[C@H](C(=O)OCC(=O)c3ccc([N+](=O)[O-])cc3)CC2=O)cc1C. The molecule has 1 heterocycles. The summed E-state index contributed by atoms with van der Waals surface area (Å²) in [6.45, 7) is 3.65. The van der Waals surface area contributed by atoms with Crippen LogP contribution < -0.4 is 4.90 Å². The van der Waals surface area contributed by atoms with Gasteiger partial charge in [0.25, 0.3) is 5.69 Å². The van der Waals surface area contributed by atoms with Crippen molar-refractivity contribution in [1.29, 1.82) is 0 Å². The van der Waals surface area contributed by atoms with Gasteiger partial charge in [-0.25, -0.2) is 0 Å². The molecule has 3 rings (SSSR count). The minimum atomic E-state index is -0.645. The molecule has 2 aromatic rings. The molecule has 0 N–H and O–H groups in total. The molecule has 0 saturated carbocycles. The van der Waals surface area contributed by atoms with E-state index in [0.29, 0.717) is 0 Å². The van der Waals surface area contributed by atoms with Crippen LogP contribution in [0.4, 0.5) is 11.4 Å². The largest absolute Gasteiger partial charge is 0.457 e. The minimum absolute atomic E-state index is 0.0253. The molecular weight excluding hydrogens is 376 g/mol. The topological polar surface area (TPSA) is 107 Å². The molecule has 0 spiro atoms. The molecule has 29 heavy (non-hydrogen) atoms. The number of hydrogen-bond donors (Lipinski definition) is 0. The van der Waals surface area contributed by atoms with Crippen LogP contribution >= 0.6 is 0 Å². The number of Topliss-reactive ketones (excluding diaryl/α,β-unsaturated/α-hetero) is 1. The van der Waals surface area contributed by atoms with E-state index < -0.39 is 29.2 Å². The molecule has 0 aromatic heterocycles. The Labute approximate surface area is 167 Å². The van der Waals surface area contributed by atoms with E-state index in [-0.39, 0.29) is 30.1 Å². The summed E-state index contributed by atoms with van der Waals surface area (Å²) < 4.78 is 5.09. The summed E-state index contributed by atoms with van der Waals surface area (Å²) in [5.41, 5.74) is 2.98. The predicted molar refractivity (Wildman–Crippen MR) is 105 cm³/mol. The quantitative estimate of drug-likeness (QED) is 0.322. The maximum atomic E-state index is 12.3. The van der Waals surface area contributed by atoms with Crippen LogP contribution in [0.1, 0.15) is 27.9 Å². The molecule has 1 aliphatic heterocycles. The summed E-state index contributed by atoms with van der Waals surface area (Å²) in [6.07, 6.45) is 0.0253. The van der Waals surface area contributed by atoms with E-state index in [9.17, 15) is 24.5 Å². The number of amides is 1.